The van der Waals surface area contributed by atoms with E-state index >= 15 is 0 Å². The third-order valence-corrected chi connectivity index (χ3v) is 5.91. The molecule has 0 aliphatic heterocycles. The number of ether oxygens (including phenoxy) is 1. The molecule has 0 aliphatic rings. The molecule has 9 heteroatoms. The molecule has 2 amide bonds. The summed E-state index contributed by atoms with van der Waals surface area (Å²) in [5.74, 6) is 0.903. The van der Waals surface area contributed by atoms with E-state index in [-0.39, 0.29) is 6.61 Å². The predicted octanol–water partition coefficient (Wildman–Crippen LogP) is 3.38. The van der Waals surface area contributed by atoms with Crippen molar-refractivity contribution in [2.24, 2.45) is 7.05 Å². The van der Waals surface area contributed by atoms with Crippen molar-refractivity contribution in [1.29, 1.82) is 0 Å². The first kappa shape index (κ1) is 23.3. The Balaban J connectivity index is 1.43. The first-order valence-electron chi connectivity index (χ1n) is 10.2. The second-order valence-corrected chi connectivity index (χ2v) is 8.62. The van der Waals surface area contributed by atoms with Gasteiger partial charge in [0, 0.05) is 18.4 Å². The second-order valence-electron chi connectivity index (χ2n) is 7.67. The summed E-state index contributed by atoms with van der Waals surface area (Å²) in [5.41, 5.74) is 8.63. The molecular formula is C23H27N5O3S. The summed E-state index contributed by atoms with van der Waals surface area (Å²) in [5, 5.41) is 8.70. The van der Waals surface area contributed by atoms with Gasteiger partial charge >= 0.3 is 0 Å². The lowest BCUT2D eigenvalue weighted by atomic mass is 9.98. The lowest BCUT2D eigenvalue weighted by molar-refractivity contribution is -0.123. The number of aromatic nitrogens is 3. The highest BCUT2D eigenvalue weighted by atomic mass is 32.2. The van der Waals surface area contributed by atoms with E-state index in [1.165, 1.54) is 5.56 Å². The Labute approximate surface area is 191 Å². The van der Waals surface area contributed by atoms with Gasteiger partial charge in [0.25, 0.3) is 11.8 Å². The van der Waals surface area contributed by atoms with Crippen LogP contribution in [-0.4, -0.2) is 33.2 Å². The Hall–Kier alpha value is -3.33. The van der Waals surface area contributed by atoms with Crippen LogP contribution in [0.1, 0.15) is 46.8 Å². The van der Waals surface area contributed by atoms with Crippen LogP contribution in [0.4, 0.5) is 0 Å². The van der Waals surface area contributed by atoms with Gasteiger partial charge in [-0.25, -0.2) is 0 Å². The van der Waals surface area contributed by atoms with Gasteiger partial charge in [0.1, 0.15) is 12.1 Å². The van der Waals surface area contributed by atoms with E-state index in [1.807, 2.05) is 48.9 Å². The minimum atomic E-state index is -0.444. The minimum Gasteiger partial charge on any atom is -0.484 e. The van der Waals surface area contributed by atoms with Gasteiger partial charge in [0.2, 0.25) is 0 Å². The molecule has 2 N–H and O–H groups in total. The average molecular weight is 454 g/mol. The maximum atomic E-state index is 12.3. The van der Waals surface area contributed by atoms with Gasteiger partial charge in [0.15, 0.2) is 11.8 Å². The fourth-order valence-electron chi connectivity index (χ4n) is 3.07. The van der Waals surface area contributed by atoms with Crippen LogP contribution in [-0.2, 0) is 17.6 Å². The molecule has 168 valence electrons. The van der Waals surface area contributed by atoms with Gasteiger partial charge in [-0.2, -0.15) is 0 Å². The van der Waals surface area contributed by atoms with Crippen molar-refractivity contribution in [2.75, 3.05) is 6.61 Å². The average Bonchev–Trinajstić information content (AvgIpc) is 3.19. The molecule has 0 radical (unpaired) electrons. The molecule has 8 nitrogen and oxygen atoms in total. The number of benzene rings is 2. The fourth-order valence-corrected chi connectivity index (χ4v) is 3.92. The number of carbonyl (C=O) groups excluding carboxylic acids is 2. The zero-order chi connectivity index (χ0) is 23.1. The number of rotatable bonds is 8. The molecule has 3 rings (SSSR count). The molecule has 0 atom stereocenters. The summed E-state index contributed by atoms with van der Waals surface area (Å²) in [6.45, 7) is 6.08. The minimum absolute atomic E-state index is 0.195. The number of aryl methyl sites for hydroxylation is 2. The zero-order valence-corrected chi connectivity index (χ0v) is 19.4. The van der Waals surface area contributed by atoms with Crippen molar-refractivity contribution in [3.05, 3.63) is 71.0 Å². The quantitative estimate of drug-likeness (QED) is 0.401. The number of hydrogen-bond acceptors (Lipinski definition) is 6. The summed E-state index contributed by atoms with van der Waals surface area (Å²) in [6.07, 6.45) is 1.65. The second kappa shape index (κ2) is 10.8. The van der Waals surface area contributed by atoms with E-state index in [1.54, 1.807) is 30.2 Å². The molecule has 1 aromatic heterocycles. The highest BCUT2D eigenvalue weighted by molar-refractivity contribution is 7.98. The first-order valence-corrected chi connectivity index (χ1v) is 11.2. The van der Waals surface area contributed by atoms with Gasteiger partial charge in [-0.15, -0.1) is 10.2 Å². The molecule has 0 fully saturated rings. The van der Waals surface area contributed by atoms with Crippen molar-refractivity contribution >= 4 is 23.6 Å². The van der Waals surface area contributed by atoms with E-state index < -0.39 is 11.8 Å². The first-order chi connectivity index (χ1) is 15.3. The number of nitrogens with zero attached hydrogens (tertiary/aromatic N) is 3. The molecule has 3 aromatic rings. The fraction of sp³-hybridized carbons (Fsp3) is 0.304. The van der Waals surface area contributed by atoms with Crippen molar-refractivity contribution in [1.82, 2.24) is 25.6 Å². The van der Waals surface area contributed by atoms with E-state index in [0.717, 1.165) is 16.3 Å². The molecule has 2 aromatic carbocycles. The van der Waals surface area contributed by atoms with Crippen LogP contribution in [0.3, 0.4) is 0 Å². The summed E-state index contributed by atoms with van der Waals surface area (Å²) in [7, 11) is 1.89. The van der Waals surface area contributed by atoms with Crippen LogP contribution in [0.2, 0.25) is 0 Å². The Morgan fingerprint density at radius 1 is 1.12 bits per heavy atom. The Morgan fingerprint density at radius 3 is 2.50 bits per heavy atom. The van der Waals surface area contributed by atoms with Gasteiger partial charge in [-0.05, 0) is 53.8 Å². The highest BCUT2D eigenvalue weighted by Crippen LogP contribution is 2.23. The number of nitrogens with one attached hydrogen (secondary N) is 2. The smallest absolute Gasteiger partial charge is 0.276 e. The van der Waals surface area contributed by atoms with E-state index in [4.69, 9.17) is 4.74 Å². The molecule has 0 saturated heterocycles. The van der Waals surface area contributed by atoms with Crippen LogP contribution >= 0.6 is 11.8 Å². The number of hydrazine groups is 1. The van der Waals surface area contributed by atoms with Crippen LogP contribution in [0.25, 0.3) is 0 Å². The van der Waals surface area contributed by atoms with Crippen LogP contribution in [0.5, 0.6) is 5.75 Å². The monoisotopic (exact) mass is 453 g/mol. The Bertz CT molecular complexity index is 1080. The normalized spacial score (nSPS) is 10.8. The molecule has 0 unspecified atom stereocenters. The van der Waals surface area contributed by atoms with Gasteiger partial charge < -0.3 is 9.30 Å². The number of amides is 2. The van der Waals surface area contributed by atoms with Crippen LogP contribution < -0.4 is 15.6 Å². The predicted molar refractivity (Wildman–Crippen MR) is 123 cm³/mol. The SMILES string of the molecule is Cc1cc(OCC(=O)NNC(=O)c2ccc(CSc3nncn3C)cc2)ccc1C(C)C. The highest BCUT2D eigenvalue weighted by Gasteiger charge is 2.10. The van der Waals surface area contributed by atoms with E-state index in [2.05, 4.69) is 34.9 Å². The molecule has 32 heavy (non-hydrogen) atoms. The van der Waals surface area contributed by atoms with Gasteiger partial charge in [0.05, 0.1) is 0 Å². The molecule has 0 spiro atoms. The van der Waals surface area contributed by atoms with Crippen molar-refractivity contribution in [2.45, 2.75) is 37.6 Å². The third kappa shape index (κ3) is 6.34. The van der Waals surface area contributed by atoms with E-state index in [0.29, 0.717) is 23.0 Å². The number of thioether (sulfide) groups is 1. The molecule has 0 saturated carbocycles. The lowest BCUT2D eigenvalue weighted by Crippen LogP contribution is -2.43. The Morgan fingerprint density at radius 2 is 1.88 bits per heavy atom. The van der Waals surface area contributed by atoms with Crippen molar-refractivity contribution < 1.29 is 14.3 Å². The Kier molecular flexibility index (Phi) is 7.88. The maximum absolute atomic E-state index is 12.3. The van der Waals surface area contributed by atoms with Crippen LogP contribution in [0.15, 0.2) is 53.9 Å². The zero-order valence-electron chi connectivity index (χ0n) is 18.6. The van der Waals surface area contributed by atoms with Crippen molar-refractivity contribution in [3.8, 4) is 5.75 Å². The number of hydrogen-bond donors (Lipinski definition) is 2. The largest absolute Gasteiger partial charge is 0.484 e. The van der Waals surface area contributed by atoms with E-state index in [9.17, 15) is 9.59 Å². The lowest BCUT2D eigenvalue weighted by Gasteiger charge is -2.13. The number of carbonyl (C=O) groups is 2. The standard InChI is InChI=1S/C23H27N5O3S/c1-15(2)20-10-9-19(11-16(20)3)31-12-21(29)25-26-22(30)18-7-5-17(6-8-18)13-32-23-27-24-14-28(23)4/h5-11,14-15H,12-13H2,1-4H3,(H,25,29)(H,26,30). The summed E-state index contributed by atoms with van der Waals surface area (Å²) in [4.78, 5) is 24.3. The van der Waals surface area contributed by atoms with Gasteiger partial charge in [-0.3, -0.25) is 20.4 Å². The molecular weight excluding hydrogens is 426 g/mol. The summed E-state index contributed by atoms with van der Waals surface area (Å²) >= 11 is 1.56. The van der Waals surface area contributed by atoms with Gasteiger partial charge in [-0.1, -0.05) is 43.8 Å². The maximum Gasteiger partial charge on any atom is 0.276 e. The summed E-state index contributed by atoms with van der Waals surface area (Å²) in [6, 6.07) is 12.9. The van der Waals surface area contributed by atoms with Crippen LogP contribution in [0, 0.1) is 6.92 Å². The third-order valence-electron chi connectivity index (χ3n) is 4.80. The molecule has 0 aliphatic carbocycles. The summed E-state index contributed by atoms with van der Waals surface area (Å²) < 4.78 is 7.37. The molecule has 0 bridgehead atoms. The van der Waals surface area contributed by atoms with Crippen molar-refractivity contribution in [3.63, 3.8) is 0 Å². The topological polar surface area (TPSA) is 98.1 Å². The molecule has 1 heterocycles.